The standard InChI is InChI=1S/C14H10F3NO3/c1-8(20)18-9-2-4-11(12(6-9)14(15,16)17)13-5-3-10(7-19)21-13/h2-7H,1H3,(H,18,20). The van der Waals surface area contributed by atoms with Crippen LogP contribution in [0.2, 0.25) is 0 Å². The van der Waals surface area contributed by atoms with Crippen LogP contribution in [0.3, 0.4) is 0 Å². The highest BCUT2D eigenvalue weighted by atomic mass is 19.4. The summed E-state index contributed by atoms with van der Waals surface area (Å²) < 4.78 is 44.4. The van der Waals surface area contributed by atoms with Gasteiger partial charge in [0, 0.05) is 18.2 Å². The lowest BCUT2D eigenvalue weighted by Crippen LogP contribution is -2.10. The minimum absolute atomic E-state index is 0.0285. The maximum Gasteiger partial charge on any atom is 0.417 e. The monoisotopic (exact) mass is 297 g/mol. The van der Waals surface area contributed by atoms with Crippen LogP contribution in [0.1, 0.15) is 23.0 Å². The van der Waals surface area contributed by atoms with Crippen molar-refractivity contribution in [3.8, 4) is 11.3 Å². The van der Waals surface area contributed by atoms with E-state index in [0.29, 0.717) is 6.29 Å². The Morgan fingerprint density at radius 1 is 1.24 bits per heavy atom. The fourth-order valence-corrected chi connectivity index (χ4v) is 1.84. The molecule has 0 aliphatic heterocycles. The van der Waals surface area contributed by atoms with Gasteiger partial charge in [0.2, 0.25) is 5.91 Å². The van der Waals surface area contributed by atoms with Gasteiger partial charge in [-0.25, -0.2) is 0 Å². The molecule has 1 amide bonds. The van der Waals surface area contributed by atoms with Crippen LogP contribution in [0.15, 0.2) is 34.7 Å². The molecular weight excluding hydrogens is 287 g/mol. The van der Waals surface area contributed by atoms with Crippen molar-refractivity contribution in [2.45, 2.75) is 13.1 Å². The van der Waals surface area contributed by atoms with Gasteiger partial charge in [0.1, 0.15) is 5.76 Å². The van der Waals surface area contributed by atoms with E-state index < -0.39 is 17.6 Å². The van der Waals surface area contributed by atoms with Crippen molar-refractivity contribution in [3.63, 3.8) is 0 Å². The predicted molar refractivity (Wildman–Crippen MR) is 68.8 cm³/mol. The third-order valence-corrected chi connectivity index (χ3v) is 2.65. The Labute approximate surface area is 117 Å². The number of amides is 1. The van der Waals surface area contributed by atoms with Gasteiger partial charge in [0.25, 0.3) is 0 Å². The number of furan rings is 1. The van der Waals surface area contributed by atoms with Crippen molar-refractivity contribution in [1.29, 1.82) is 0 Å². The fourth-order valence-electron chi connectivity index (χ4n) is 1.84. The molecule has 7 heteroatoms. The summed E-state index contributed by atoms with van der Waals surface area (Å²) in [6, 6.07) is 5.90. The molecule has 0 aliphatic carbocycles. The first-order valence-electron chi connectivity index (χ1n) is 5.85. The highest BCUT2D eigenvalue weighted by Gasteiger charge is 2.34. The Hall–Kier alpha value is -2.57. The zero-order chi connectivity index (χ0) is 15.6. The minimum atomic E-state index is -4.63. The summed E-state index contributed by atoms with van der Waals surface area (Å²) in [5.41, 5.74) is -1.13. The van der Waals surface area contributed by atoms with Gasteiger partial charge in [-0.05, 0) is 30.3 Å². The second-order valence-corrected chi connectivity index (χ2v) is 4.26. The third-order valence-electron chi connectivity index (χ3n) is 2.65. The fraction of sp³-hybridized carbons (Fsp3) is 0.143. The number of halogens is 3. The second-order valence-electron chi connectivity index (χ2n) is 4.26. The zero-order valence-corrected chi connectivity index (χ0v) is 10.8. The largest absolute Gasteiger partial charge is 0.453 e. The quantitative estimate of drug-likeness (QED) is 0.878. The molecule has 0 saturated heterocycles. The van der Waals surface area contributed by atoms with Crippen LogP contribution in [-0.2, 0) is 11.0 Å². The minimum Gasteiger partial charge on any atom is -0.453 e. The summed E-state index contributed by atoms with van der Waals surface area (Å²) in [5, 5.41) is 2.29. The molecule has 0 fully saturated rings. The van der Waals surface area contributed by atoms with E-state index in [9.17, 15) is 22.8 Å². The number of rotatable bonds is 3. The van der Waals surface area contributed by atoms with Gasteiger partial charge < -0.3 is 9.73 Å². The molecule has 2 rings (SSSR count). The number of hydrogen-bond acceptors (Lipinski definition) is 3. The predicted octanol–water partition coefficient (Wildman–Crippen LogP) is 3.74. The van der Waals surface area contributed by atoms with Gasteiger partial charge >= 0.3 is 6.18 Å². The van der Waals surface area contributed by atoms with Crippen molar-refractivity contribution in [2.24, 2.45) is 0 Å². The average molecular weight is 297 g/mol. The number of aldehydes is 1. The van der Waals surface area contributed by atoms with Crippen LogP contribution in [-0.4, -0.2) is 12.2 Å². The molecule has 110 valence electrons. The van der Waals surface area contributed by atoms with Crippen LogP contribution in [0.5, 0.6) is 0 Å². The van der Waals surface area contributed by atoms with E-state index >= 15 is 0 Å². The Bertz CT molecular complexity index is 689. The molecule has 4 nitrogen and oxygen atoms in total. The number of nitrogens with one attached hydrogen (secondary N) is 1. The van der Waals surface area contributed by atoms with Crippen molar-refractivity contribution in [1.82, 2.24) is 0 Å². The first-order chi connectivity index (χ1) is 9.81. The summed E-state index contributed by atoms with van der Waals surface area (Å²) in [6.45, 7) is 1.20. The number of hydrogen-bond donors (Lipinski definition) is 1. The van der Waals surface area contributed by atoms with Gasteiger partial charge in [-0.15, -0.1) is 0 Å². The smallest absolute Gasteiger partial charge is 0.417 e. The number of benzene rings is 1. The molecule has 0 spiro atoms. The molecule has 0 bridgehead atoms. The van der Waals surface area contributed by atoms with Gasteiger partial charge in [0.15, 0.2) is 12.0 Å². The van der Waals surface area contributed by atoms with Crippen LogP contribution in [0.4, 0.5) is 18.9 Å². The lowest BCUT2D eigenvalue weighted by Gasteiger charge is -2.13. The van der Waals surface area contributed by atoms with Gasteiger partial charge in [-0.2, -0.15) is 13.2 Å². The highest BCUT2D eigenvalue weighted by Crippen LogP contribution is 2.39. The summed E-state index contributed by atoms with van der Waals surface area (Å²) in [5.74, 6) is -0.611. The molecule has 0 aliphatic rings. The highest BCUT2D eigenvalue weighted by molar-refractivity contribution is 5.89. The molecule has 21 heavy (non-hydrogen) atoms. The Kier molecular flexibility index (Phi) is 3.84. The van der Waals surface area contributed by atoms with Crippen LogP contribution >= 0.6 is 0 Å². The lowest BCUT2D eigenvalue weighted by atomic mass is 10.0. The van der Waals surface area contributed by atoms with Gasteiger partial charge in [-0.1, -0.05) is 0 Å². The molecule has 0 atom stereocenters. The van der Waals surface area contributed by atoms with E-state index in [4.69, 9.17) is 4.42 Å². The van der Waals surface area contributed by atoms with Crippen molar-refractivity contribution >= 4 is 17.9 Å². The topological polar surface area (TPSA) is 59.3 Å². The zero-order valence-electron chi connectivity index (χ0n) is 10.8. The molecule has 1 aromatic heterocycles. The summed E-state index contributed by atoms with van der Waals surface area (Å²) in [7, 11) is 0. The van der Waals surface area contributed by atoms with Crippen molar-refractivity contribution < 1.29 is 27.2 Å². The molecule has 0 unspecified atom stereocenters. The van der Waals surface area contributed by atoms with E-state index in [1.807, 2.05) is 0 Å². The normalized spacial score (nSPS) is 11.2. The van der Waals surface area contributed by atoms with E-state index in [1.165, 1.54) is 31.2 Å². The molecule has 0 radical (unpaired) electrons. The van der Waals surface area contributed by atoms with E-state index in [1.54, 1.807) is 0 Å². The van der Waals surface area contributed by atoms with Crippen molar-refractivity contribution in [3.05, 3.63) is 41.7 Å². The summed E-state index contributed by atoms with van der Waals surface area (Å²) in [6.07, 6.45) is -4.22. The molecule has 1 aromatic carbocycles. The van der Waals surface area contributed by atoms with Crippen molar-refractivity contribution in [2.75, 3.05) is 5.32 Å². The maximum absolute atomic E-state index is 13.1. The average Bonchev–Trinajstić information content (AvgIpc) is 2.85. The Morgan fingerprint density at radius 2 is 1.95 bits per heavy atom. The van der Waals surface area contributed by atoms with Crippen LogP contribution in [0.25, 0.3) is 11.3 Å². The molecule has 1 heterocycles. The first kappa shape index (κ1) is 14.8. The Balaban J connectivity index is 2.54. The first-order valence-corrected chi connectivity index (χ1v) is 5.85. The van der Waals surface area contributed by atoms with Gasteiger partial charge in [-0.3, -0.25) is 9.59 Å². The number of anilines is 1. The number of carbonyl (C=O) groups is 2. The van der Waals surface area contributed by atoms with Gasteiger partial charge in [0.05, 0.1) is 5.56 Å². The lowest BCUT2D eigenvalue weighted by molar-refractivity contribution is -0.137. The van der Waals surface area contributed by atoms with Crippen LogP contribution in [0, 0.1) is 0 Å². The number of alkyl halides is 3. The number of carbonyl (C=O) groups excluding carboxylic acids is 2. The molecule has 0 saturated carbocycles. The molecular formula is C14H10F3NO3. The van der Waals surface area contributed by atoms with E-state index in [-0.39, 0.29) is 22.8 Å². The second kappa shape index (κ2) is 5.43. The summed E-state index contributed by atoms with van der Waals surface area (Å²) in [4.78, 5) is 21.5. The van der Waals surface area contributed by atoms with Crippen LogP contribution < -0.4 is 5.32 Å². The maximum atomic E-state index is 13.1. The van der Waals surface area contributed by atoms with E-state index in [2.05, 4.69) is 5.32 Å². The SMILES string of the molecule is CC(=O)Nc1ccc(-c2ccc(C=O)o2)c(C(F)(F)F)c1. The molecule has 2 aromatic rings. The third kappa shape index (κ3) is 3.31. The van der Waals surface area contributed by atoms with E-state index in [0.717, 1.165) is 6.07 Å². The summed E-state index contributed by atoms with van der Waals surface area (Å²) >= 11 is 0. The Morgan fingerprint density at radius 3 is 2.48 bits per heavy atom. The molecule has 1 N–H and O–H groups in total.